The molecule has 1 aliphatic heterocycles. The smallest absolute Gasteiger partial charge is 0.419 e. The van der Waals surface area contributed by atoms with E-state index in [2.05, 4.69) is 16.6 Å². The van der Waals surface area contributed by atoms with Crippen molar-refractivity contribution in [2.45, 2.75) is 29.6 Å². The molecule has 31 heavy (non-hydrogen) atoms. The normalized spacial score (nSPS) is 20.7. The first-order valence-corrected chi connectivity index (χ1v) is 10.0. The molecule has 0 bridgehead atoms. The molecule has 1 amide bonds. The monoisotopic (exact) mass is 461 g/mol. The number of alkyl halides is 3. The minimum atomic E-state index is -4.93. The maximum absolute atomic E-state index is 13.5. The SMILES string of the molecule is C=CC(C)(O)C1COc2c(cn(C)c2C(=O)Nc2ccc(F)c(C(F)(F)F)c2)S(=O)N1. The molecule has 12 heteroatoms. The van der Waals surface area contributed by atoms with Crippen LogP contribution in [0.25, 0.3) is 0 Å². The highest BCUT2D eigenvalue weighted by Gasteiger charge is 2.37. The van der Waals surface area contributed by atoms with Crippen molar-refractivity contribution in [3.8, 4) is 5.75 Å². The van der Waals surface area contributed by atoms with Crippen LogP contribution in [-0.2, 0) is 24.2 Å². The van der Waals surface area contributed by atoms with Crippen molar-refractivity contribution in [2.24, 2.45) is 7.05 Å². The molecule has 0 aliphatic carbocycles. The molecular formula is C19H19F4N3O4S. The van der Waals surface area contributed by atoms with E-state index in [1.165, 1.54) is 30.8 Å². The molecule has 2 aromatic rings. The van der Waals surface area contributed by atoms with Gasteiger partial charge >= 0.3 is 6.18 Å². The third-order valence-electron chi connectivity index (χ3n) is 4.81. The summed E-state index contributed by atoms with van der Waals surface area (Å²) in [6.45, 7) is 4.79. The first kappa shape index (κ1) is 23.0. The average molecular weight is 461 g/mol. The van der Waals surface area contributed by atoms with Gasteiger partial charge in [-0.3, -0.25) is 4.79 Å². The van der Waals surface area contributed by atoms with E-state index in [1.807, 2.05) is 0 Å². The Morgan fingerprint density at radius 1 is 1.45 bits per heavy atom. The zero-order valence-electron chi connectivity index (χ0n) is 16.4. The van der Waals surface area contributed by atoms with Gasteiger partial charge in [0.1, 0.15) is 28.3 Å². The highest BCUT2D eigenvalue weighted by atomic mass is 32.2. The largest absolute Gasteiger partial charge is 0.488 e. The van der Waals surface area contributed by atoms with Crippen LogP contribution < -0.4 is 14.8 Å². The fourth-order valence-corrected chi connectivity index (χ4v) is 4.21. The summed E-state index contributed by atoms with van der Waals surface area (Å²) in [4.78, 5) is 12.9. The summed E-state index contributed by atoms with van der Waals surface area (Å²) in [6, 6.07) is 1.25. The van der Waals surface area contributed by atoms with Crippen LogP contribution in [0, 0.1) is 5.82 Å². The molecule has 2 heterocycles. The zero-order chi connectivity index (χ0) is 23.1. The van der Waals surface area contributed by atoms with E-state index in [1.54, 1.807) is 0 Å². The Bertz CT molecular complexity index is 1070. The van der Waals surface area contributed by atoms with E-state index >= 15 is 0 Å². The number of nitrogens with one attached hydrogen (secondary N) is 2. The van der Waals surface area contributed by atoms with Crippen LogP contribution in [0.1, 0.15) is 23.0 Å². The van der Waals surface area contributed by atoms with Crippen LogP contribution in [0.15, 0.2) is 41.9 Å². The quantitative estimate of drug-likeness (QED) is 0.482. The van der Waals surface area contributed by atoms with Crippen LogP contribution in [-0.4, -0.2) is 38.0 Å². The molecule has 7 nitrogen and oxygen atoms in total. The van der Waals surface area contributed by atoms with Crippen LogP contribution in [0.3, 0.4) is 0 Å². The predicted molar refractivity (Wildman–Crippen MR) is 104 cm³/mol. The van der Waals surface area contributed by atoms with E-state index in [-0.39, 0.29) is 28.6 Å². The summed E-state index contributed by atoms with van der Waals surface area (Å²) in [5, 5.41) is 12.6. The molecule has 3 rings (SSSR count). The topological polar surface area (TPSA) is 92.6 Å². The molecule has 1 aromatic heterocycles. The van der Waals surface area contributed by atoms with E-state index < -0.39 is 46.1 Å². The summed E-state index contributed by atoms with van der Waals surface area (Å²) >= 11 is 0. The van der Waals surface area contributed by atoms with Crippen LogP contribution >= 0.6 is 0 Å². The fourth-order valence-electron chi connectivity index (χ4n) is 2.94. The fraction of sp³-hybridized carbons (Fsp3) is 0.316. The number of benzene rings is 1. The van der Waals surface area contributed by atoms with E-state index in [0.717, 1.165) is 6.07 Å². The van der Waals surface area contributed by atoms with Gasteiger partial charge in [0.05, 0.1) is 17.2 Å². The lowest BCUT2D eigenvalue weighted by atomic mass is 9.98. The highest BCUT2D eigenvalue weighted by molar-refractivity contribution is 7.83. The first-order valence-electron chi connectivity index (χ1n) is 8.89. The lowest BCUT2D eigenvalue weighted by molar-refractivity contribution is -0.139. The van der Waals surface area contributed by atoms with Gasteiger partial charge in [0, 0.05) is 18.9 Å². The van der Waals surface area contributed by atoms with Gasteiger partial charge in [-0.15, -0.1) is 6.58 Å². The van der Waals surface area contributed by atoms with E-state index in [4.69, 9.17) is 4.74 Å². The summed E-state index contributed by atoms with van der Waals surface area (Å²) in [5.41, 5.74) is -3.38. The molecule has 0 saturated carbocycles. The van der Waals surface area contributed by atoms with Crippen molar-refractivity contribution in [2.75, 3.05) is 11.9 Å². The molecule has 3 N–H and O–H groups in total. The third kappa shape index (κ3) is 4.50. The Balaban J connectivity index is 1.92. The Morgan fingerprint density at radius 2 is 2.13 bits per heavy atom. The lowest BCUT2D eigenvalue weighted by Crippen LogP contribution is -2.50. The number of carbonyl (C=O) groups is 1. The van der Waals surface area contributed by atoms with Crippen LogP contribution in [0.2, 0.25) is 0 Å². The molecule has 0 spiro atoms. The number of carbonyl (C=O) groups excluding carboxylic acids is 1. The number of halogens is 4. The molecule has 1 aliphatic rings. The number of rotatable bonds is 4. The van der Waals surface area contributed by atoms with Crippen molar-refractivity contribution >= 4 is 22.6 Å². The third-order valence-corrected chi connectivity index (χ3v) is 6.00. The Labute approximate surface area is 177 Å². The molecular weight excluding hydrogens is 442 g/mol. The number of nitrogens with zero attached hydrogens (tertiary/aromatic N) is 1. The lowest BCUT2D eigenvalue weighted by Gasteiger charge is -2.28. The minimum absolute atomic E-state index is 0.0497. The van der Waals surface area contributed by atoms with E-state index in [9.17, 15) is 31.7 Å². The van der Waals surface area contributed by atoms with Crippen molar-refractivity contribution in [3.05, 3.63) is 54.1 Å². The number of aliphatic hydroxyl groups is 1. The van der Waals surface area contributed by atoms with Gasteiger partial charge in [-0.1, -0.05) is 6.08 Å². The number of hydrogen-bond acceptors (Lipinski definition) is 4. The van der Waals surface area contributed by atoms with Crippen molar-refractivity contribution in [3.63, 3.8) is 0 Å². The molecule has 3 atom stereocenters. The molecule has 168 valence electrons. The second-order valence-corrected chi connectivity index (χ2v) is 8.32. The van der Waals surface area contributed by atoms with Gasteiger partial charge in [0.15, 0.2) is 11.4 Å². The number of anilines is 1. The first-order chi connectivity index (χ1) is 14.3. The Hall–Kier alpha value is -2.70. The Kier molecular flexibility index (Phi) is 6.00. The average Bonchev–Trinajstić information content (AvgIpc) is 2.92. The maximum Gasteiger partial charge on any atom is 0.419 e. The minimum Gasteiger partial charge on any atom is -0.488 e. The molecule has 1 aromatic carbocycles. The number of amides is 1. The summed E-state index contributed by atoms with van der Waals surface area (Å²) < 4.78 is 74.6. The standard InChI is InChI=1S/C19H19F4N3O4S/c1-4-18(2,28)14-9-30-16-13(31(29)25-14)8-26(3)15(16)17(27)24-10-5-6-12(20)11(7-10)19(21,22)23/h4-8,14,25,28H,1,9H2,2-3H3,(H,24,27). The van der Waals surface area contributed by atoms with Gasteiger partial charge in [-0.05, 0) is 25.1 Å². The predicted octanol–water partition coefficient (Wildman–Crippen LogP) is 2.75. The Morgan fingerprint density at radius 3 is 2.74 bits per heavy atom. The molecule has 3 unspecified atom stereocenters. The number of ether oxygens (including phenoxy) is 1. The summed E-state index contributed by atoms with van der Waals surface area (Å²) in [7, 11) is -0.398. The maximum atomic E-state index is 13.5. The van der Waals surface area contributed by atoms with Gasteiger partial charge in [0.25, 0.3) is 5.91 Å². The van der Waals surface area contributed by atoms with Gasteiger partial charge in [-0.2, -0.15) is 13.2 Å². The van der Waals surface area contributed by atoms with E-state index in [0.29, 0.717) is 12.1 Å². The van der Waals surface area contributed by atoms with Crippen molar-refractivity contribution in [1.82, 2.24) is 9.29 Å². The van der Waals surface area contributed by atoms with Gasteiger partial charge < -0.3 is 19.7 Å². The molecule has 0 fully saturated rings. The highest BCUT2D eigenvalue weighted by Crippen LogP contribution is 2.35. The number of fused-ring (bicyclic) bond motifs is 1. The van der Waals surface area contributed by atoms with Gasteiger partial charge in [-0.25, -0.2) is 13.3 Å². The second-order valence-electron chi connectivity index (χ2n) is 7.11. The summed E-state index contributed by atoms with van der Waals surface area (Å²) in [5.74, 6) is -2.37. The molecule has 0 saturated heterocycles. The van der Waals surface area contributed by atoms with Crippen molar-refractivity contribution in [1.29, 1.82) is 0 Å². The number of hydrogen-bond donors (Lipinski definition) is 3. The van der Waals surface area contributed by atoms with Crippen molar-refractivity contribution < 1.29 is 36.4 Å². The molecule has 0 radical (unpaired) electrons. The number of aromatic nitrogens is 1. The summed E-state index contributed by atoms with van der Waals surface area (Å²) in [6.07, 6.45) is -2.32. The van der Waals surface area contributed by atoms with Crippen LogP contribution in [0.5, 0.6) is 5.75 Å². The second kappa shape index (κ2) is 8.09. The van der Waals surface area contributed by atoms with Gasteiger partial charge in [0.2, 0.25) is 0 Å². The van der Waals surface area contributed by atoms with Crippen LogP contribution in [0.4, 0.5) is 23.2 Å². The number of aryl methyl sites for hydroxylation is 1. The zero-order valence-corrected chi connectivity index (χ0v) is 17.2.